The van der Waals surface area contributed by atoms with E-state index in [9.17, 15) is 10.1 Å². The van der Waals surface area contributed by atoms with E-state index in [1.807, 2.05) is 4.90 Å². The average molecular weight is 424 g/mol. The van der Waals surface area contributed by atoms with E-state index < -0.39 is 0 Å². The number of piperazine rings is 1. The number of carbonyl (C=O) groups is 1. The van der Waals surface area contributed by atoms with Crippen LogP contribution in [-0.2, 0) is 24.2 Å². The van der Waals surface area contributed by atoms with Gasteiger partial charge in [0.25, 0.3) is 11.7 Å². The standard InChI is InChI=1S/C24H30N4O3/c1-16(2)12-20-19-15-31-24(3,4)13-17(19)18(14-25)22(26-20)27-7-9-28(10-8-27)23(29)21-6-5-11-30-21/h5-6,11,16H,7-10,12-13,15H2,1-4H3/p+1. The lowest BCUT2D eigenvalue weighted by atomic mass is 9.86. The van der Waals surface area contributed by atoms with Gasteiger partial charge in [-0.15, -0.1) is 0 Å². The Bertz CT molecular complexity index is 997. The second-order valence-corrected chi connectivity index (χ2v) is 9.48. The second-order valence-electron chi connectivity index (χ2n) is 9.48. The predicted molar refractivity (Wildman–Crippen MR) is 116 cm³/mol. The van der Waals surface area contributed by atoms with E-state index in [1.54, 1.807) is 12.1 Å². The van der Waals surface area contributed by atoms with Gasteiger partial charge in [0, 0.05) is 18.4 Å². The van der Waals surface area contributed by atoms with Gasteiger partial charge in [-0.05, 0) is 37.5 Å². The van der Waals surface area contributed by atoms with Crippen molar-refractivity contribution in [3.05, 3.63) is 46.5 Å². The number of anilines is 1. The van der Waals surface area contributed by atoms with Crippen LogP contribution in [0.15, 0.2) is 22.8 Å². The molecule has 1 amide bonds. The summed E-state index contributed by atoms with van der Waals surface area (Å²) in [5.74, 6) is 1.64. The molecule has 7 heteroatoms. The zero-order chi connectivity index (χ0) is 22.2. The first-order chi connectivity index (χ1) is 14.8. The molecule has 0 aromatic carbocycles. The summed E-state index contributed by atoms with van der Waals surface area (Å²) in [6, 6.07) is 5.90. The molecule has 1 fully saturated rings. The van der Waals surface area contributed by atoms with E-state index in [2.05, 4.69) is 43.6 Å². The maximum atomic E-state index is 12.6. The molecule has 4 heterocycles. The van der Waals surface area contributed by atoms with Gasteiger partial charge in [0.15, 0.2) is 5.76 Å². The Morgan fingerprint density at radius 2 is 2.00 bits per heavy atom. The summed E-state index contributed by atoms with van der Waals surface area (Å²) in [6.07, 6.45) is 3.14. The van der Waals surface area contributed by atoms with Crippen molar-refractivity contribution in [3.8, 4) is 6.07 Å². The van der Waals surface area contributed by atoms with Crippen molar-refractivity contribution in [2.45, 2.75) is 52.7 Å². The molecule has 164 valence electrons. The zero-order valence-electron chi connectivity index (χ0n) is 18.8. The van der Waals surface area contributed by atoms with Gasteiger partial charge in [0.2, 0.25) is 0 Å². The van der Waals surface area contributed by atoms with E-state index in [0.29, 0.717) is 50.0 Å². The van der Waals surface area contributed by atoms with E-state index in [4.69, 9.17) is 9.15 Å². The van der Waals surface area contributed by atoms with E-state index in [-0.39, 0.29) is 11.5 Å². The number of fused-ring (bicyclic) bond motifs is 1. The molecular formula is C24H31N4O3+. The fourth-order valence-electron chi connectivity index (χ4n) is 4.50. The largest absolute Gasteiger partial charge is 0.459 e. The molecule has 0 aliphatic carbocycles. The Balaban J connectivity index is 1.64. The summed E-state index contributed by atoms with van der Waals surface area (Å²) < 4.78 is 11.3. The quantitative estimate of drug-likeness (QED) is 0.755. The normalized spacial score (nSPS) is 18.1. The third-order valence-corrected chi connectivity index (χ3v) is 6.09. The lowest BCUT2D eigenvalue weighted by molar-refractivity contribution is -0.379. The molecule has 4 rings (SSSR count). The molecule has 1 saturated heterocycles. The highest BCUT2D eigenvalue weighted by Gasteiger charge is 2.37. The van der Waals surface area contributed by atoms with Crippen LogP contribution in [-0.4, -0.2) is 42.6 Å². The molecule has 0 radical (unpaired) electrons. The fraction of sp³-hybridized carbons (Fsp3) is 0.542. The number of aromatic nitrogens is 1. The molecule has 7 nitrogen and oxygen atoms in total. The molecule has 0 saturated carbocycles. The second kappa shape index (κ2) is 8.35. The SMILES string of the molecule is CC(C)Cc1[nH+]c(N2CCN(C(=O)c3ccco3)CC2)c(C#N)c2c1COC(C)(C)C2. The topological polar surface area (TPSA) is 83.9 Å². The number of hydrogen-bond acceptors (Lipinski definition) is 5. The van der Waals surface area contributed by atoms with Crippen LogP contribution in [0.1, 0.15) is 60.6 Å². The van der Waals surface area contributed by atoms with Crippen LogP contribution in [0.3, 0.4) is 0 Å². The van der Waals surface area contributed by atoms with Gasteiger partial charge >= 0.3 is 0 Å². The zero-order valence-corrected chi connectivity index (χ0v) is 18.8. The molecule has 0 atom stereocenters. The van der Waals surface area contributed by atoms with Crippen LogP contribution in [0.2, 0.25) is 0 Å². The number of H-pyrrole nitrogens is 1. The van der Waals surface area contributed by atoms with Crippen molar-refractivity contribution in [2.24, 2.45) is 5.92 Å². The maximum Gasteiger partial charge on any atom is 0.293 e. The number of nitrogens with zero attached hydrogens (tertiary/aromatic N) is 3. The number of aromatic amines is 1. The monoisotopic (exact) mass is 423 g/mol. The van der Waals surface area contributed by atoms with Gasteiger partial charge in [-0.3, -0.25) is 9.69 Å². The van der Waals surface area contributed by atoms with Crippen molar-refractivity contribution in [1.82, 2.24) is 4.90 Å². The molecule has 2 aliphatic rings. The van der Waals surface area contributed by atoms with Crippen molar-refractivity contribution in [1.29, 1.82) is 5.26 Å². The molecular weight excluding hydrogens is 392 g/mol. The third kappa shape index (κ3) is 4.31. The smallest absolute Gasteiger partial charge is 0.293 e. The number of rotatable bonds is 4. The first-order valence-electron chi connectivity index (χ1n) is 11.0. The predicted octanol–water partition coefficient (Wildman–Crippen LogP) is 2.98. The first kappa shape index (κ1) is 21.4. The molecule has 31 heavy (non-hydrogen) atoms. The van der Waals surface area contributed by atoms with Crippen LogP contribution < -0.4 is 9.88 Å². The molecule has 0 unspecified atom stereocenters. The summed E-state index contributed by atoms with van der Waals surface area (Å²) in [6.45, 7) is 11.6. The average Bonchev–Trinajstić information content (AvgIpc) is 3.27. The van der Waals surface area contributed by atoms with E-state index >= 15 is 0 Å². The summed E-state index contributed by atoms with van der Waals surface area (Å²) in [4.78, 5) is 20.2. The number of ether oxygens (including phenoxy) is 1. The molecule has 2 aromatic rings. The van der Waals surface area contributed by atoms with Gasteiger partial charge < -0.3 is 14.1 Å². The lowest BCUT2D eigenvalue weighted by Gasteiger charge is -2.35. The van der Waals surface area contributed by atoms with Gasteiger partial charge in [-0.2, -0.15) is 5.26 Å². The number of carbonyl (C=O) groups excluding carboxylic acids is 1. The van der Waals surface area contributed by atoms with Crippen LogP contribution in [0, 0.1) is 17.2 Å². The molecule has 0 bridgehead atoms. The minimum atomic E-state index is -0.291. The number of pyridine rings is 1. The summed E-state index contributed by atoms with van der Waals surface area (Å²) in [5, 5.41) is 10.1. The van der Waals surface area contributed by atoms with Crippen molar-refractivity contribution in [3.63, 3.8) is 0 Å². The fourth-order valence-corrected chi connectivity index (χ4v) is 4.50. The number of nitriles is 1. The highest BCUT2D eigenvalue weighted by atomic mass is 16.5. The van der Waals surface area contributed by atoms with Gasteiger partial charge in [0.1, 0.15) is 30.4 Å². The van der Waals surface area contributed by atoms with Crippen molar-refractivity contribution < 1.29 is 18.9 Å². The molecule has 0 spiro atoms. The van der Waals surface area contributed by atoms with Crippen LogP contribution in [0.25, 0.3) is 0 Å². The summed E-state index contributed by atoms with van der Waals surface area (Å²) in [7, 11) is 0. The van der Waals surface area contributed by atoms with Gasteiger partial charge in [-0.1, -0.05) is 13.8 Å². The van der Waals surface area contributed by atoms with Crippen LogP contribution >= 0.6 is 0 Å². The third-order valence-electron chi connectivity index (χ3n) is 6.09. The number of hydrogen-bond donors (Lipinski definition) is 0. The Labute approximate surface area is 183 Å². The van der Waals surface area contributed by atoms with E-state index in [0.717, 1.165) is 35.5 Å². The lowest BCUT2D eigenvalue weighted by Crippen LogP contribution is -2.51. The van der Waals surface area contributed by atoms with E-state index in [1.165, 1.54) is 6.26 Å². The van der Waals surface area contributed by atoms with Crippen LogP contribution in [0.4, 0.5) is 5.82 Å². The number of amides is 1. The minimum absolute atomic E-state index is 0.0843. The number of furan rings is 1. The van der Waals surface area contributed by atoms with Crippen molar-refractivity contribution in [2.75, 3.05) is 31.1 Å². The minimum Gasteiger partial charge on any atom is -0.459 e. The molecule has 1 N–H and O–H groups in total. The highest BCUT2D eigenvalue weighted by Crippen LogP contribution is 2.34. The van der Waals surface area contributed by atoms with Gasteiger partial charge in [-0.25, -0.2) is 4.98 Å². The molecule has 2 aliphatic heterocycles. The maximum absolute atomic E-state index is 12.6. The summed E-state index contributed by atoms with van der Waals surface area (Å²) >= 11 is 0. The van der Waals surface area contributed by atoms with Crippen molar-refractivity contribution >= 4 is 11.7 Å². The Hall–Kier alpha value is -2.85. The highest BCUT2D eigenvalue weighted by molar-refractivity contribution is 5.91. The van der Waals surface area contributed by atoms with Crippen LogP contribution in [0.5, 0.6) is 0 Å². The number of nitrogens with one attached hydrogen (secondary N) is 1. The Kier molecular flexibility index (Phi) is 5.76. The van der Waals surface area contributed by atoms with Gasteiger partial charge in [0.05, 0.1) is 31.6 Å². The Morgan fingerprint density at radius 1 is 1.26 bits per heavy atom. The summed E-state index contributed by atoms with van der Waals surface area (Å²) in [5.41, 5.74) is 3.82. The first-order valence-corrected chi connectivity index (χ1v) is 11.0. The Morgan fingerprint density at radius 3 is 2.61 bits per heavy atom. The molecule has 2 aromatic heterocycles.